The van der Waals surface area contributed by atoms with Gasteiger partial charge in [0.2, 0.25) is 0 Å². The molecule has 92 valence electrons. The Bertz CT molecular complexity index is 516. The van der Waals surface area contributed by atoms with Crippen LogP contribution in [-0.2, 0) is 0 Å². The van der Waals surface area contributed by atoms with Crippen molar-refractivity contribution < 1.29 is 9.84 Å². The van der Waals surface area contributed by atoms with Crippen molar-refractivity contribution in [3.8, 4) is 16.9 Å². The average Bonchev–Trinajstić information content (AvgIpc) is 2.39. The fourth-order valence-electron chi connectivity index (χ4n) is 2.24. The maximum atomic E-state index is 9.30. The van der Waals surface area contributed by atoms with E-state index in [4.69, 9.17) is 4.74 Å². The second-order valence-corrected chi connectivity index (χ2v) is 4.73. The van der Waals surface area contributed by atoms with Crippen LogP contribution < -0.4 is 4.74 Å². The molecule has 2 aromatic carbocycles. The van der Waals surface area contributed by atoms with Gasteiger partial charge < -0.3 is 9.84 Å². The summed E-state index contributed by atoms with van der Waals surface area (Å²) in [7, 11) is 0. The summed E-state index contributed by atoms with van der Waals surface area (Å²) < 4.78 is 5.95. The van der Waals surface area contributed by atoms with E-state index >= 15 is 0 Å². The Balaban J connectivity index is 1.86. The summed E-state index contributed by atoms with van der Waals surface area (Å²) in [5.41, 5.74) is 2.27. The van der Waals surface area contributed by atoms with E-state index < -0.39 is 0 Å². The standard InChI is InChI=1S/C16H16O2/c17-13-10-14(11-13)18-16-9-5-4-8-15(16)12-6-2-1-3-7-12/h1-9,13-14,17H,10-11H2. The number of aliphatic hydroxyl groups excluding tert-OH is 1. The molecule has 1 aliphatic rings. The molecule has 0 unspecified atom stereocenters. The lowest BCUT2D eigenvalue weighted by molar-refractivity contribution is -0.0105. The summed E-state index contributed by atoms with van der Waals surface area (Å²) in [6.07, 6.45) is 1.45. The molecule has 0 saturated heterocycles. The Kier molecular flexibility index (Phi) is 3.03. The van der Waals surface area contributed by atoms with Crippen LogP contribution in [0.5, 0.6) is 5.75 Å². The lowest BCUT2D eigenvalue weighted by Gasteiger charge is -2.32. The van der Waals surface area contributed by atoms with E-state index in [1.807, 2.05) is 36.4 Å². The third kappa shape index (κ3) is 2.24. The topological polar surface area (TPSA) is 29.5 Å². The van der Waals surface area contributed by atoms with Crippen molar-refractivity contribution in [3.63, 3.8) is 0 Å². The van der Waals surface area contributed by atoms with Crippen molar-refractivity contribution in [1.29, 1.82) is 0 Å². The van der Waals surface area contributed by atoms with E-state index in [1.165, 1.54) is 0 Å². The molecule has 2 heteroatoms. The highest BCUT2D eigenvalue weighted by molar-refractivity contribution is 5.70. The number of aliphatic hydroxyl groups is 1. The predicted molar refractivity (Wildman–Crippen MR) is 71.5 cm³/mol. The zero-order valence-electron chi connectivity index (χ0n) is 10.1. The van der Waals surface area contributed by atoms with E-state index in [1.54, 1.807) is 0 Å². The van der Waals surface area contributed by atoms with Gasteiger partial charge in [0.1, 0.15) is 11.9 Å². The molecular formula is C16H16O2. The highest BCUT2D eigenvalue weighted by Crippen LogP contribution is 2.33. The molecule has 18 heavy (non-hydrogen) atoms. The van der Waals surface area contributed by atoms with E-state index in [2.05, 4.69) is 18.2 Å². The number of para-hydroxylation sites is 1. The maximum absolute atomic E-state index is 9.30. The minimum Gasteiger partial charge on any atom is -0.490 e. The molecule has 0 aromatic heterocycles. The minimum absolute atomic E-state index is 0.157. The van der Waals surface area contributed by atoms with Crippen molar-refractivity contribution in [2.45, 2.75) is 25.0 Å². The van der Waals surface area contributed by atoms with E-state index in [-0.39, 0.29) is 12.2 Å². The largest absolute Gasteiger partial charge is 0.490 e. The fraction of sp³-hybridized carbons (Fsp3) is 0.250. The van der Waals surface area contributed by atoms with Crippen LogP contribution >= 0.6 is 0 Å². The van der Waals surface area contributed by atoms with Gasteiger partial charge in [-0.15, -0.1) is 0 Å². The zero-order chi connectivity index (χ0) is 12.4. The Morgan fingerprint density at radius 2 is 1.56 bits per heavy atom. The summed E-state index contributed by atoms with van der Waals surface area (Å²) in [6, 6.07) is 18.3. The smallest absolute Gasteiger partial charge is 0.127 e. The average molecular weight is 240 g/mol. The first kappa shape index (κ1) is 11.3. The van der Waals surface area contributed by atoms with Crippen LogP contribution in [-0.4, -0.2) is 17.3 Å². The molecular weight excluding hydrogens is 224 g/mol. The minimum atomic E-state index is -0.182. The molecule has 0 bridgehead atoms. The highest BCUT2D eigenvalue weighted by Gasteiger charge is 2.29. The first-order chi connectivity index (χ1) is 8.83. The summed E-state index contributed by atoms with van der Waals surface area (Å²) in [5, 5.41) is 9.30. The molecule has 0 spiro atoms. The van der Waals surface area contributed by atoms with Gasteiger partial charge in [-0.25, -0.2) is 0 Å². The summed E-state index contributed by atoms with van der Waals surface area (Å²) in [5.74, 6) is 0.903. The molecule has 0 heterocycles. The molecule has 2 nitrogen and oxygen atoms in total. The molecule has 0 aliphatic heterocycles. The van der Waals surface area contributed by atoms with Gasteiger partial charge in [-0.05, 0) is 11.6 Å². The summed E-state index contributed by atoms with van der Waals surface area (Å²) in [6.45, 7) is 0. The Labute approximate surface area is 107 Å². The molecule has 0 atom stereocenters. The molecule has 1 saturated carbocycles. The number of hydrogen-bond donors (Lipinski definition) is 1. The van der Waals surface area contributed by atoms with Crippen LogP contribution in [0.2, 0.25) is 0 Å². The van der Waals surface area contributed by atoms with Crippen LogP contribution in [0.1, 0.15) is 12.8 Å². The molecule has 1 aliphatic carbocycles. The Morgan fingerprint density at radius 3 is 2.28 bits per heavy atom. The quantitative estimate of drug-likeness (QED) is 0.892. The first-order valence-electron chi connectivity index (χ1n) is 6.32. The molecule has 1 N–H and O–H groups in total. The third-order valence-corrected chi connectivity index (χ3v) is 3.34. The zero-order valence-corrected chi connectivity index (χ0v) is 10.1. The van der Waals surface area contributed by atoms with Crippen LogP contribution in [0, 0.1) is 0 Å². The second-order valence-electron chi connectivity index (χ2n) is 4.73. The lowest BCUT2D eigenvalue weighted by Crippen LogP contribution is -2.37. The number of ether oxygens (including phenoxy) is 1. The van der Waals surface area contributed by atoms with E-state index in [9.17, 15) is 5.11 Å². The number of rotatable bonds is 3. The van der Waals surface area contributed by atoms with Crippen LogP contribution in [0.4, 0.5) is 0 Å². The molecule has 1 fully saturated rings. The van der Waals surface area contributed by atoms with Crippen LogP contribution in [0.3, 0.4) is 0 Å². The van der Waals surface area contributed by atoms with Crippen LogP contribution in [0.15, 0.2) is 54.6 Å². The highest BCUT2D eigenvalue weighted by atomic mass is 16.5. The van der Waals surface area contributed by atoms with Crippen molar-refractivity contribution in [1.82, 2.24) is 0 Å². The molecule has 3 rings (SSSR count). The maximum Gasteiger partial charge on any atom is 0.127 e. The van der Waals surface area contributed by atoms with Crippen LogP contribution in [0.25, 0.3) is 11.1 Å². The Hall–Kier alpha value is -1.80. The monoisotopic (exact) mass is 240 g/mol. The fourth-order valence-corrected chi connectivity index (χ4v) is 2.24. The third-order valence-electron chi connectivity index (χ3n) is 3.34. The van der Waals surface area contributed by atoms with Crippen molar-refractivity contribution in [3.05, 3.63) is 54.6 Å². The Morgan fingerprint density at radius 1 is 0.889 bits per heavy atom. The number of hydrogen-bond acceptors (Lipinski definition) is 2. The number of benzene rings is 2. The van der Waals surface area contributed by atoms with Gasteiger partial charge in [0, 0.05) is 18.4 Å². The lowest BCUT2D eigenvalue weighted by atomic mass is 9.92. The van der Waals surface area contributed by atoms with Crippen molar-refractivity contribution in [2.75, 3.05) is 0 Å². The van der Waals surface area contributed by atoms with E-state index in [0.717, 1.165) is 29.7 Å². The summed E-state index contributed by atoms with van der Waals surface area (Å²) in [4.78, 5) is 0. The predicted octanol–water partition coefficient (Wildman–Crippen LogP) is 3.26. The van der Waals surface area contributed by atoms with Gasteiger partial charge in [0.05, 0.1) is 6.10 Å². The molecule has 0 amide bonds. The van der Waals surface area contributed by atoms with Gasteiger partial charge in [0.15, 0.2) is 0 Å². The second kappa shape index (κ2) is 4.83. The first-order valence-corrected chi connectivity index (χ1v) is 6.32. The van der Waals surface area contributed by atoms with Gasteiger partial charge in [-0.2, -0.15) is 0 Å². The van der Waals surface area contributed by atoms with Crippen molar-refractivity contribution >= 4 is 0 Å². The normalized spacial score (nSPS) is 22.3. The molecule has 0 radical (unpaired) electrons. The van der Waals surface area contributed by atoms with E-state index in [0.29, 0.717) is 0 Å². The summed E-state index contributed by atoms with van der Waals surface area (Å²) >= 11 is 0. The van der Waals surface area contributed by atoms with Gasteiger partial charge >= 0.3 is 0 Å². The van der Waals surface area contributed by atoms with Crippen molar-refractivity contribution in [2.24, 2.45) is 0 Å². The van der Waals surface area contributed by atoms with Gasteiger partial charge in [-0.1, -0.05) is 48.5 Å². The SMILES string of the molecule is OC1CC(Oc2ccccc2-c2ccccc2)C1. The van der Waals surface area contributed by atoms with Gasteiger partial charge in [0.25, 0.3) is 0 Å². The molecule has 2 aromatic rings. The van der Waals surface area contributed by atoms with Gasteiger partial charge in [-0.3, -0.25) is 0 Å².